The molecule has 2 aromatic carbocycles. The van der Waals surface area contributed by atoms with E-state index in [1.807, 2.05) is 22.8 Å². The maximum absolute atomic E-state index is 14.0. The molecule has 1 atom stereocenters. The smallest absolute Gasteiger partial charge is 0.254 e. The van der Waals surface area contributed by atoms with Crippen LogP contribution in [0.4, 0.5) is 8.78 Å². The Labute approximate surface area is 196 Å². The molecule has 1 N–H and O–H groups in total. The van der Waals surface area contributed by atoms with Crippen molar-refractivity contribution in [2.24, 2.45) is 0 Å². The van der Waals surface area contributed by atoms with Gasteiger partial charge in [0, 0.05) is 38.7 Å². The number of aromatic nitrogens is 3. The molecule has 0 radical (unpaired) electrons. The van der Waals surface area contributed by atoms with Crippen LogP contribution in [0.2, 0.25) is 0 Å². The number of nitrogens with zero attached hydrogens (tertiary/aromatic N) is 4. The van der Waals surface area contributed by atoms with E-state index in [2.05, 4.69) is 20.4 Å². The van der Waals surface area contributed by atoms with E-state index in [0.29, 0.717) is 25.3 Å². The quantitative estimate of drug-likeness (QED) is 0.570. The molecule has 0 aliphatic carbocycles. The number of amides is 1. The van der Waals surface area contributed by atoms with E-state index in [9.17, 15) is 13.6 Å². The fourth-order valence-corrected chi connectivity index (χ4v) is 4.09. The molecule has 0 saturated heterocycles. The molecule has 0 spiro atoms. The van der Waals surface area contributed by atoms with E-state index >= 15 is 0 Å². The number of hydrogen-bond donors (Lipinski definition) is 1. The van der Waals surface area contributed by atoms with Crippen molar-refractivity contribution in [3.63, 3.8) is 0 Å². The number of hydrogen-bond acceptors (Lipinski definition) is 6. The summed E-state index contributed by atoms with van der Waals surface area (Å²) in [6, 6.07) is 8.07. The summed E-state index contributed by atoms with van der Waals surface area (Å²) in [5.74, 6) is 0.707. The van der Waals surface area contributed by atoms with Crippen molar-refractivity contribution in [2.75, 3.05) is 27.3 Å². The van der Waals surface area contributed by atoms with Crippen LogP contribution in [-0.2, 0) is 19.5 Å². The van der Waals surface area contributed by atoms with Crippen LogP contribution >= 0.6 is 0 Å². The lowest BCUT2D eigenvalue weighted by atomic mass is 10.1. The second-order valence-corrected chi connectivity index (χ2v) is 8.19. The highest BCUT2D eigenvalue weighted by molar-refractivity contribution is 5.94. The van der Waals surface area contributed by atoms with Gasteiger partial charge in [0.2, 0.25) is 0 Å². The number of ether oxygens (including phenoxy) is 2. The molecular weight excluding hydrogens is 444 g/mol. The highest BCUT2D eigenvalue weighted by Gasteiger charge is 2.24. The lowest BCUT2D eigenvalue weighted by molar-refractivity contribution is 0.0933. The number of halogens is 2. The third kappa shape index (κ3) is 5.17. The van der Waals surface area contributed by atoms with Gasteiger partial charge in [-0.2, -0.15) is 0 Å². The number of carbonyl (C=O) groups excluding carboxylic acids is 1. The van der Waals surface area contributed by atoms with Crippen molar-refractivity contribution in [2.45, 2.75) is 32.5 Å². The Balaban J connectivity index is 1.44. The largest absolute Gasteiger partial charge is 0.497 e. The van der Waals surface area contributed by atoms with Crippen LogP contribution in [0.5, 0.6) is 11.5 Å². The number of rotatable bonds is 7. The van der Waals surface area contributed by atoms with Crippen LogP contribution in [0.1, 0.15) is 40.5 Å². The Bertz CT molecular complexity index is 1160. The van der Waals surface area contributed by atoms with Crippen molar-refractivity contribution in [3.8, 4) is 11.5 Å². The van der Waals surface area contributed by atoms with Gasteiger partial charge >= 0.3 is 0 Å². The number of benzene rings is 2. The van der Waals surface area contributed by atoms with Crippen molar-refractivity contribution in [3.05, 3.63) is 70.8 Å². The highest BCUT2D eigenvalue weighted by Crippen LogP contribution is 2.24. The molecule has 1 amide bonds. The van der Waals surface area contributed by atoms with E-state index in [4.69, 9.17) is 9.47 Å². The zero-order chi connectivity index (χ0) is 24.2. The van der Waals surface area contributed by atoms with Gasteiger partial charge in [-0.05, 0) is 42.8 Å². The predicted octanol–water partition coefficient (Wildman–Crippen LogP) is 3.12. The van der Waals surface area contributed by atoms with Gasteiger partial charge in [-0.15, -0.1) is 10.2 Å². The number of carbonyl (C=O) groups is 1. The average Bonchev–Trinajstić information content (AvgIpc) is 3.14. The van der Waals surface area contributed by atoms with Gasteiger partial charge in [-0.3, -0.25) is 9.69 Å². The molecule has 1 unspecified atom stereocenters. The lowest BCUT2D eigenvalue weighted by Crippen LogP contribution is -2.30. The average molecular weight is 472 g/mol. The predicted molar refractivity (Wildman–Crippen MR) is 121 cm³/mol. The molecule has 2 heterocycles. The first-order valence-corrected chi connectivity index (χ1v) is 11.0. The second-order valence-electron chi connectivity index (χ2n) is 8.19. The number of fused-ring (bicyclic) bond motifs is 1. The minimum Gasteiger partial charge on any atom is -0.497 e. The summed E-state index contributed by atoms with van der Waals surface area (Å²) in [6.07, 6.45) is 0.688. The maximum Gasteiger partial charge on any atom is 0.254 e. The molecule has 0 fully saturated rings. The van der Waals surface area contributed by atoms with Crippen LogP contribution in [0.25, 0.3) is 0 Å². The SMILES string of the molecule is COc1cc(CN2CCc3nnc(C(C)NC(=O)c4cc(F)ccc4F)n3CC2)cc(OC)c1. The second kappa shape index (κ2) is 10.2. The van der Waals surface area contributed by atoms with Crippen molar-refractivity contribution in [1.82, 2.24) is 25.0 Å². The monoisotopic (exact) mass is 471 g/mol. The minimum atomic E-state index is -0.781. The highest BCUT2D eigenvalue weighted by atomic mass is 19.1. The molecule has 0 bridgehead atoms. The first kappa shape index (κ1) is 23.6. The van der Waals surface area contributed by atoms with E-state index in [-0.39, 0.29) is 5.56 Å². The van der Waals surface area contributed by atoms with Crippen LogP contribution in [0, 0.1) is 11.6 Å². The summed E-state index contributed by atoms with van der Waals surface area (Å²) in [5.41, 5.74) is 0.731. The standard InChI is InChI=1S/C24H27F2N5O3/c1-15(27-24(32)20-12-17(25)4-5-21(20)26)23-29-28-22-6-7-30(8-9-31(22)23)14-16-10-18(33-2)13-19(11-16)34-3/h4-5,10-13,15H,6-9,14H2,1-3H3,(H,27,32). The zero-order valence-electron chi connectivity index (χ0n) is 19.3. The number of nitrogens with one attached hydrogen (secondary N) is 1. The van der Waals surface area contributed by atoms with Crippen LogP contribution < -0.4 is 14.8 Å². The molecule has 4 rings (SSSR count). The van der Waals surface area contributed by atoms with E-state index in [1.54, 1.807) is 21.1 Å². The normalized spacial score (nSPS) is 14.7. The molecule has 180 valence electrons. The fourth-order valence-electron chi connectivity index (χ4n) is 4.09. The van der Waals surface area contributed by atoms with E-state index in [0.717, 1.165) is 54.2 Å². The summed E-state index contributed by atoms with van der Waals surface area (Å²) < 4.78 is 40.2. The molecule has 34 heavy (non-hydrogen) atoms. The zero-order valence-corrected chi connectivity index (χ0v) is 19.3. The van der Waals surface area contributed by atoms with Crippen LogP contribution in [-0.4, -0.2) is 52.9 Å². The van der Waals surface area contributed by atoms with Gasteiger partial charge in [-0.1, -0.05) is 0 Å². The molecular formula is C24H27F2N5O3. The summed E-state index contributed by atoms with van der Waals surface area (Å²) in [4.78, 5) is 14.8. The molecule has 1 aromatic heterocycles. The van der Waals surface area contributed by atoms with Crippen LogP contribution in [0.3, 0.4) is 0 Å². The Morgan fingerprint density at radius 2 is 1.79 bits per heavy atom. The summed E-state index contributed by atoms with van der Waals surface area (Å²) in [7, 11) is 3.25. The van der Waals surface area contributed by atoms with Crippen molar-refractivity contribution < 1.29 is 23.0 Å². The van der Waals surface area contributed by atoms with Gasteiger partial charge < -0.3 is 19.4 Å². The van der Waals surface area contributed by atoms with E-state index < -0.39 is 23.6 Å². The Kier molecular flexibility index (Phi) is 7.06. The fraction of sp³-hybridized carbons (Fsp3) is 0.375. The molecule has 10 heteroatoms. The lowest BCUT2D eigenvalue weighted by Gasteiger charge is -2.21. The Morgan fingerprint density at radius 1 is 1.06 bits per heavy atom. The Hall–Kier alpha value is -3.53. The molecule has 3 aromatic rings. The van der Waals surface area contributed by atoms with Crippen molar-refractivity contribution >= 4 is 5.91 Å². The Morgan fingerprint density at radius 3 is 2.50 bits per heavy atom. The number of methoxy groups -OCH3 is 2. The summed E-state index contributed by atoms with van der Waals surface area (Å²) >= 11 is 0. The topological polar surface area (TPSA) is 81.5 Å². The third-order valence-corrected chi connectivity index (χ3v) is 5.87. The first-order chi connectivity index (χ1) is 16.4. The van der Waals surface area contributed by atoms with E-state index in [1.165, 1.54) is 0 Å². The summed E-state index contributed by atoms with van der Waals surface area (Å²) in [5, 5.41) is 11.3. The van der Waals surface area contributed by atoms with Gasteiger partial charge in [0.15, 0.2) is 5.82 Å². The van der Waals surface area contributed by atoms with Crippen molar-refractivity contribution in [1.29, 1.82) is 0 Å². The summed E-state index contributed by atoms with van der Waals surface area (Å²) in [6.45, 7) is 4.63. The molecule has 0 saturated carbocycles. The van der Waals surface area contributed by atoms with Gasteiger partial charge in [0.25, 0.3) is 5.91 Å². The van der Waals surface area contributed by atoms with Gasteiger partial charge in [0.1, 0.15) is 29.0 Å². The molecule has 8 nitrogen and oxygen atoms in total. The molecule has 1 aliphatic heterocycles. The third-order valence-electron chi connectivity index (χ3n) is 5.87. The maximum atomic E-state index is 14.0. The van der Waals surface area contributed by atoms with Gasteiger partial charge in [-0.25, -0.2) is 8.78 Å². The minimum absolute atomic E-state index is 0.345. The van der Waals surface area contributed by atoms with Crippen LogP contribution in [0.15, 0.2) is 36.4 Å². The first-order valence-electron chi connectivity index (χ1n) is 11.0. The molecule has 1 aliphatic rings. The van der Waals surface area contributed by atoms with Gasteiger partial charge in [0.05, 0.1) is 25.8 Å².